The van der Waals surface area contributed by atoms with Crippen LogP contribution in [0.2, 0.25) is 0 Å². The molecule has 0 aliphatic rings. The number of rotatable bonds is 3. The number of allylic oxidation sites excluding steroid dienone is 1. The molecule has 0 unspecified atom stereocenters. The molecule has 0 spiro atoms. The van der Waals surface area contributed by atoms with E-state index in [2.05, 4.69) is 6.58 Å². The summed E-state index contributed by atoms with van der Waals surface area (Å²) in [5.41, 5.74) is -0.890. The number of hydrogen-bond donors (Lipinski definition) is 0. The molecular weight excluding hydrogens is 205 g/mol. The van der Waals surface area contributed by atoms with E-state index in [0.29, 0.717) is 6.61 Å². The van der Waals surface area contributed by atoms with Gasteiger partial charge in [0.1, 0.15) is 5.75 Å². The van der Waals surface area contributed by atoms with Crippen molar-refractivity contribution < 1.29 is 17.9 Å². The van der Waals surface area contributed by atoms with Gasteiger partial charge in [-0.25, -0.2) is 0 Å². The molecule has 4 heteroatoms. The highest BCUT2D eigenvalue weighted by atomic mass is 19.4. The molecule has 0 amide bonds. The highest BCUT2D eigenvalue weighted by molar-refractivity contribution is 5.72. The Balaban J connectivity index is 3.08. The minimum absolute atomic E-state index is 0.00755. The molecule has 0 saturated carbocycles. The van der Waals surface area contributed by atoms with E-state index in [4.69, 9.17) is 4.74 Å². The van der Waals surface area contributed by atoms with Gasteiger partial charge in [0.05, 0.1) is 12.2 Å². The van der Waals surface area contributed by atoms with Gasteiger partial charge < -0.3 is 4.74 Å². The van der Waals surface area contributed by atoms with Gasteiger partial charge in [-0.15, -0.1) is 0 Å². The summed E-state index contributed by atoms with van der Waals surface area (Å²) in [6, 6.07) is 5.99. The van der Waals surface area contributed by atoms with Crippen LogP contribution >= 0.6 is 0 Å². The quantitative estimate of drug-likeness (QED) is 0.749. The van der Waals surface area contributed by atoms with Crippen LogP contribution in [0.25, 0.3) is 5.57 Å². The fraction of sp³-hybridized carbons (Fsp3) is 0.273. The first-order valence-corrected chi connectivity index (χ1v) is 4.45. The van der Waals surface area contributed by atoms with Crippen LogP contribution in [0.1, 0.15) is 12.5 Å². The Morgan fingerprint density at radius 1 is 1.33 bits per heavy atom. The van der Waals surface area contributed by atoms with Gasteiger partial charge in [0.15, 0.2) is 0 Å². The average Bonchev–Trinajstić information content (AvgIpc) is 2.17. The third-order valence-corrected chi connectivity index (χ3v) is 1.85. The zero-order valence-corrected chi connectivity index (χ0v) is 8.27. The summed E-state index contributed by atoms with van der Waals surface area (Å²) in [6.45, 7) is 5.07. The topological polar surface area (TPSA) is 9.23 Å². The highest BCUT2D eigenvalue weighted by Gasteiger charge is 2.34. The predicted octanol–water partition coefficient (Wildman–Crippen LogP) is 3.66. The van der Waals surface area contributed by atoms with Gasteiger partial charge in [0.25, 0.3) is 0 Å². The summed E-state index contributed by atoms with van der Waals surface area (Å²) in [5, 5.41) is 0. The second-order valence-electron chi connectivity index (χ2n) is 2.91. The van der Waals surface area contributed by atoms with Gasteiger partial charge in [-0.1, -0.05) is 24.8 Å². The molecule has 0 aliphatic heterocycles. The van der Waals surface area contributed by atoms with Crippen molar-refractivity contribution in [1.29, 1.82) is 0 Å². The number of ether oxygens (including phenoxy) is 1. The van der Waals surface area contributed by atoms with Crippen molar-refractivity contribution in [2.24, 2.45) is 0 Å². The summed E-state index contributed by atoms with van der Waals surface area (Å²) in [7, 11) is 0. The molecule has 1 aromatic rings. The SMILES string of the molecule is C=C(c1ccccc1OCC)C(F)(F)F. The van der Waals surface area contributed by atoms with Crippen LogP contribution in [0.3, 0.4) is 0 Å². The van der Waals surface area contributed by atoms with Crippen LogP contribution in [0.5, 0.6) is 5.75 Å². The maximum Gasteiger partial charge on any atom is 0.416 e. The highest BCUT2D eigenvalue weighted by Crippen LogP contribution is 2.36. The summed E-state index contributed by atoms with van der Waals surface area (Å²) < 4.78 is 42.3. The van der Waals surface area contributed by atoms with Crippen LogP contribution in [0.4, 0.5) is 13.2 Å². The van der Waals surface area contributed by atoms with Crippen molar-refractivity contribution in [1.82, 2.24) is 0 Å². The number of alkyl halides is 3. The van der Waals surface area contributed by atoms with Crippen molar-refractivity contribution in [3.05, 3.63) is 36.4 Å². The number of hydrogen-bond acceptors (Lipinski definition) is 1. The molecule has 0 atom stereocenters. The summed E-state index contributed by atoms with van der Waals surface area (Å²) in [4.78, 5) is 0. The first kappa shape index (κ1) is 11.6. The normalized spacial score (nSPS) is 11.2. The molecule has 15 heavy (non-hydrogen) atoms. The lowest BCUT2D eigenvalue weighted by Crippen LogP contribution is -2.10. The van der Waals surface area contributed by atoms with E-state index in [0.717, 1.165) is 0 Å². The molecule has 0 heterocycles. The fourth-order valence-electron chi connectivity index (χ4n) is 1.15. The van der Waals surface area contributed by atoms with Crippen LogP contribution in [0, 0.1) is 0 Å². The van der Waals surface area contributed by atoms with E-state index in [9.17, 15) is 13.2 Å². The Labute approximate surface area is 86.2 Å². The summed E-state index contributed by atoms with van der Waals surface area (Å²) >= 11 is 0. The largest absolute Gasteiger partial charge is 0.493 e. The minimum Gasteiger partial charge on any atom is -0.493 e. The van der Waals surface area contributed by atoms with Crippen molar-refractivity contribution in [2.45, 2.75) is 13.1 Å². The van der Waals surface area contributed by atoms with Crippen molar-refractivity contribution in [3.8, 4) is 5.75 Å². The van der Waals surface area contributed by atoms with Crippen LogP contribution in [-0.4, -0.2) is 12.8 Å². The first-order valence-electron chi connectivity index (χ1n) is 4.45. The van der Waals surface area contributed by atoms with Gasteiger partial charge in [-0.2, -0.15) is 13.2 Å². The van der Waals surface area contributed by atoms with Gasteiger partial charge in [0.2, 0.25) is 0 Å². The molecule has 0 N–H and O–H groups in total. The van der Waals surface area contributed by atoms with Crippen molar-refractivity contribution in [2.75, 3.05) is 6.61 Å². The first-order chi connectivity index (χ1) is 6.96. The maximum absolute atomic E-state index is 12.4. The third kappa shape index (κ3) is 2.75. The molecule has 0 bridgehead atoms. The molecule has 1 aromatic carbocycles. The second kappa shape index (κ2) is 4.38. The molecular formula is C11H11F3O. The number of para-hydroxylation sites is 1. The lowest BCUT2D eigenvalue weighted by Gasteiger charge is -2.14. The third-order valence-electron chi connectivity index (χ3n) is 1.85. The lowest BCUT2D eigenvalue weighted by atomic mass is 10.1. The minimum atomic E-state index is -4.42. The van der Waals surface area contributed by atoms with Gasteiger partial charge in [-0.05, 0) is 13.0 Å². The van der Waals surface area contributed by atoms with Crippen molar-refractivity contribution >= 4 is 5.57 Å². The van der Waals surface area contributed by atoms with E-state index in [1.807, 2.05) is 0 Å². The zero-order valence-electron chi connectivity index (χ0n) is 8.27. The Morgan fingerprint density at radius 3 is 2.47 bits per heavy atom. The second-order valence-corrected chi connectivity index (χ2v) is 2.91. The lowest BCUT2D eigenvalue weighted by molar-refractivity contribution is -0.0687. The maximum atomic E-state index is 12.4. The van der Waals surface area contributed by atoms with Crippen LogP contribution < -0.4 is 4.74 Å². The molecule has 1 nitrogen and oxygen atoms in total. The zero-order chi connectivity index (χ0) is 11.5. The molecule has 82 valence electrons. The van der Waals surface area contributed by atoms with E-state index < -0.39 is 11.7 Å². The average molecular weight is 216 g/mol. The van der Waals surface area contributed by atoms with Gasteiger partial charge in [-0.3, -0.25) is 0 Å². The van der Waals surface area contributed by atoms with Crippen molar-refractivity contribution in [3.63, 3.8) is 0 Å². The van der Waals surface area contributed by atoms with Crippen LogP contribution in [0.15, 0.2) is 30.8 Å². The molecule has 0 saturated heterocycles. The van der Waals surface area contributed by atoms with E-state index in [-0.39, 0.29) is 11.3 Å². The Hall–Kier alpha value is -1.45. The van der Waals surface area contributed by atoms with E-state index in [1.54, 1.807) is 13.0 Å². The summed E-state index contributed by atoms with van der Waals surface area (Å²) in [6.07, 6.45) is -4.42. The Bertz CT molecular complexity index is 355. The predicted molar refractivity (Wildman–Crippen MR) is 52.7 cm³/mol. The van der Waals surface area contributed by atoms with Crippen LogP contribution in [-0.2, 0) is 0 Å². The van der Waals surface area contributed by atoms with Gasteiger partial charge >= 0.3 is 6.18 Å². The molecule has 0 aliphatic carbocycles. The fourth-order valence-corrected chi connectivity index (χ4v) is 1.15. The van der Waals surface area contributed by atoms with E-state index >= 15 is 0 Å². The Morgan fingerprint density at radius 2 is 1.93 bits per heavy atom. The van der Waals surface area contributed by atoms with Gasteiger partial charge in [0, 0.05) is 5.56 Å². The number of halogens is 3. The smallest absolute Gasteiger partial charge is 0.416 e. The monoisotopic (exact) mass is 216 g/mol. The Kier molecular flexibility index (Phi) is 3.39. The number of benzene rings is 1. The van der Waals surface area contributed by atoms with E-state index in [1.165, 1.54) is 18.2 Å². The molecule has 1 rings (SSSR count). The standard InChI is InChI=1S/C11H11F3O/c1-3-15-10-7-5-4-6-9(10)8(2)11(12,13)14/h4-7H,2-3H2,1H3. The molecule has 0 fully saturated rings. The molecule has 0 aromatic heterocycles. The molecule has 0 radical (unpaired) electrons. The summed E-state index contributed by atoms with van der Waals surface area (Å²) in [5.74, 6) is 0.210.